The lowest BCUT2D eigenvalue weighted by molar-refractivity contribution is 0.242. The van der Waals surface area contributed by atoms with Crippen LogP contribution in [0.1, 0.15) is 18.4 Å². The van der Waals surface area contributed by atoms with E-state index in [1.165, 1.54) is 31.0 Å². The monoisotopic (exact) mass is 396 g/mol. The van der Waals surface area contributed by atoms with Gasteiger partial charge in [-0.2, -0.15) is 5.26 Å². The van der Waals surface area contributed by atoms with Crippen LogP contribution in [0.2, 0.25) is 0 Å². The summed E-state index contributed by atoms with van der Waals surface area (Å²) in [6.45, 7) is 1.50. The number of allylic oxidation sites excluding steroid dienone is 1. The van der Waals surface area contributed by atoms with Crippen LogP contribution in [-0.2, 0) is 16.3 Å². The molecule has 1 heterocycles. The molecule has 0 unspecified atom stereocenters. The molecular formula is C22H24N2O3S. The van der Waals surface area contributed by atoms with Crippen LogP contribution in [0.15, 0.2) is 70.6 Å². The summed E-state index contributed by atoms with van der Waals surface area (Å²) in [4.78, 5) is 1.82. The average molecular weight is 397 g/mol. The lowest BCUT2D eigenvalue weighted by Crippen LogP contribution is -2.31. The number of nitrogens with zero attached hydrogens (tertiary/aromatic N) is 2. The summed E-state index contributed by atoms with van der Waals surface area (Å²) in [5.41, 5.74) is 1.33. The molecule has 0 atom stereocenters. The van der Waals surface area contributed by atoms with Gasteiger partial charge in [-0.3, -0.25) is 0 Å². The fourth-order valence-electron chi connectivity index (χ4n) is 3.44. The number of piperidine rings is 1. The van der Waals surface area contributed by atoms with Crippen LogP contribution < -0.4 is 4.74 Å². The zero-order valence-corrected chi connectivity index (χ0v) is 16.7. The molecule has 0 aliphatic carbocycles. The molecule has 28 heavy (non-hydrogen) atoms. The Bertz CT molecular complexity index is 953. The van der Waals surface area contributed by atoms with Gasteiger partial charge in [0.15, 0.2) is 4.91 Å². The number of hydrogen-bond donors (Lipinski definition) is 0. The van der Waals surface area contributed by atoms with Crippen molar-refractivity contribution in [3.05, 3.63) is 71.3 Å². The highest BCUT2D eigenvalue weighted by Crippen LogP contribution is 2.25. The molecule has 146 valence electrons. The second kappa shape index (κ2) is 8.94. The molecule has 2 aromatic rings. The molecule has 0 N–H and O–H groups in total. The molecular weight excluding hydrogens is 372 g/mol. The summed E-state index contributed by atoms with van der Waals surface area (Å²) < 4.78 is 30.6. The van der Waals surface area contributed by atoms with E-state index in [4.69, 9.17) is 4.74 Å². The molecule has 2 aromatic carbocycles. The molecule has 0 aromatic heterocycles. The average Bonchev–Trinajstić information content (AvgIpc) is 2.74. The quantitative estimate of drug-likeness (QED) is 0.695. The first kappa shape index (κ1) is 20.0. The van der Waals surface area contributed by atoms with Gasteiger partial charge >= 0.3 is 0 Å². The van der Waals surface area contributed by atoms with Crippen LogP contribution in [0.4, 0.5) is 0 Å². The van der Waals surface area contributed by atoms with Crippen molar-refractivity contribution in [1.29, 1.82) is 5.26 Å². The highest BCUT2D eigenvalue weighted by Gasteiger charge is 2.24. The van der Waals surface area contributed by atoms with E-state index in [2.05, 4.69) is 24.3 Å². The minimum absolute atomic E-state index is 0.0973. The molecule has 0 radical (unpaired) electrons. The van der Waals surface area contributed by atoms with Crippen LogP contribution in [-0.4, -0.2) is 33.5 Å². The third-order valence-electron chi connectivity index (χ3n) is 5.09. The zero-order chi connectivity index (χ0) is 20.0. The Balaban J connectivity index is 1.67. The van der Waals surface area contributed by atoms with Gasteiger partial charge in [-0.1, -0.05) is 30.3 Å². The Morgan fingerprint density at radius 1 is 1.14 bits per heavy atom. The van der Waals surface area contributed by atoms with Crippen LogP contribution in [0.25, 0.3) is 0 Å². The van der Waals surface area contributed by atoms with Gasteiger partial charge in [0.2, 0.25) is 9.84 Å². The molecule has 3 rings (SSSR count). The minimum Gasteiger partial charge on any atom is -0.497 e. The Hall–Kier alpha value is -2.78. The van der Waals surface area contributed by atoms with Crippen molar-refractivity contribution in [3.8, 4) is 11.8 Å². The highest BCUT2D eigenvalue weighted by atomic mass is 32.2. The number of benzene rings is 2. The van der Waals surface area contributed by atoms with Crippen molar-refractivity contribution >= 4 is 9.84 Å². The van der Waals surface area contributed by atoms with E-state index in [9.17, 15) is 13.7 Å². The van der Waals surface area contributed by atoms with Crippen molar-refractivity contribution in [2.24, 2.45) is 5.92 Å². The van der Waals surface area contributed by atoms with Gasteiger partial charge in [0.25, 0.3) is 0 Å². The molecule has 1 aliphatic rings. The second-order valence-corrected chi connectivity index (χ2v) is 8.87. The molecule has 1 saturated heterocycles. The molecule has 0 spiro atoms. The lowest BCUT2D eigenvalue weighted by Gasteiger charge is -2.31. The van der Waals surface area contributed by atoms with Gasteiger partial charge in [0.1, 0.15) is 11.8 Å². The maximum absolute atomic E-state index is 12.8. The Morgan fingerprint density at radius 2 is 1.79 bits per heavy atom. The van der Waals surface area contributed by atoms with E-state index in [0.29, 0.717) is 11.7 Å². The van der Waals surface area contributed by atoms with Crippen molar-refractivity contribution in [3.63, 3.8) is 0 Å². The smallest absolute Gasteiger partial charge is 0.218 e. The molecule has 5 nitrogen and oxygen atoms in total. The van der Waals surface area contributed by atoms with Gasteiger partial charge in [-0.15, -0.1) is 0 Å². The Kier molecular flexibility index (Phi) is 6.37. The molecule has 1 fully saturated rings. The van der Waals surface area contributed by atoms with Gasteiger partial charge < -0.3 is 9.64 Å². The van der Waals surface area contributed by atoms with Gasteiger partial charge in [0.05, 0.1) is 12.0 Å². The van der Waals surface area contributed by atoms with E-state index >= 15 is 0 Å². The van der Waals surface area contributed by atoms with Crippen molar-refractivity contribution in [2.75, 3.05) is 20.2 Å². The van der Waals surface area contributed by atoms with Crippen LogP contribution >= 0.6 is 0 Å². The molecule has 0 saturated carbocycles. The number of sulfone groups is 1. The fourth-order valence-corrected chi connectivity index (χ4v) is 4.60. The summed E-state index contributed by atoms with van der Waals surface area (Å²) in [6.07, 6.45) is 4.49. The molecule has 0 bridgehead atoms. The van der Waals surface area contributed by atoms with E-state index < -0.39 is 9.84 Å². The van der Waals surface area contributed by atoms with E-state index in [-0.39, 0.29) is 9.80 Å². The van der Waals surface area contributed by atoms with E-state index in [1.807, 2.05) is 17.0 Å². The van der Waals surface area contributed by atoms with E-state index in [1.54, 1.807) is 12.1 Å². The van der Waals surface area contributed by atoms with Gasteiger partial charge in [-0.05, 0) is 55.0 Å². The number of methoxy groups -OCH3 is 1. The fraction of sp³-hybridized carbons (Fsp3) is 0.318. The summed E-state index contributed by atoms with van der Waals surface area (Å²) in [5.74, 6) is 1.15. The third-order valence-corrected chi connectivity index (χ3v) is 6.75. The number of rotatable bonds is 6. The third kappa shape index (κ3) is 4.73. The van der Waals surface area contributed by atoms with Crippen molar-refractivity contribution in [2.45, 2.75) is 24.2 Å². The van der Waals surface area contributed by atoms with Crippen LogP contribution in [0.3, 0.4) is 0 Å². The number of hydrogen-bond acceptors (Lipinski definition) is 5. The Morgan fingerprint density at radius 3 is 2.36 bits per heavy atom. The predicted molar refractivity (Wildman–Crippen MR) is 108 cm³/mol. The van der Waals surface area contributed by atoms with Crippen molar-refractivity contribution in [1.82, 2.24) is 4.90 Å². The molecule has 1 aliphatic heterocycles. The standard InChI is InChI=1S/C22H24N2O3S/c1-27-20-7-9-21(10-8-20)28(25,26)22(16-23)17-24-13-11-19(12-14-24)15-18-5-3-2-4-6-18/h2-10,17,19H,11-15H2,1H3/b22-17+. The normalized spacial score (nSPS) is 15.9. The Labute approximate surface area is 166 Å². The van der Waals surface area contributed by atoms with Crippen molar-refractivity contribution < 1.29 is 13.2 Å². The van der Waals surface area contributed by atoms with Gasteiger partial charge in [0, 0.05) is 19.3 Å². The maximum Gasteiger partial charge on any atom is 0.218 e. The molecule has 6 heteroatoms. The first-order valence-electron chi connectivity index (χ1n) is 9.32. The SMILES string of the molecule is COc1ccc(S(=O)(=O)/C(C#N)=C/N2CCC(Cc3ccccc3)CC2)cc1. The molecule has 0 amide bonds. The zero-order valence-electron chi connectivity index (χ0n) is 15.9. The topological polar surface area (TPSA) is 70.4 Å². The summed E-state index contributed by atoms with van der Waals surface area (Å²) >= 11 is 0. The van der Waals surface area contributed by atoms with Gasteiger partial charge in [-0.25, -0.2) is 8.42 Å². The first-order valence-corrected chi connectivity index (χ1v) is 10.8. The summed E-state index contributed by atoms with van der Waals surface area (Å²) in [6, 6.07) is 18.4. The maximum atomic E-state index is 12.8. The van der Waals surface area contributed by atoms with Crippen LogP contribution in [0.5, 0.6) is 5.75 Å². The number of ether oxygens (including phenoxy) is 1. The summed E-state index contributed by atoms with van der Waals surface area (Å²) in [5, 5.41) is 9.45. The summed E-state index contributed by atoms with van der Waals surface area (Å²) in [7, 11) is -2.32. The first-order chi connectivity index (χ1) is 13.5. The second-order valence-electron chi connectivity index (χ2n) is 6.95. The largest absolute Gasteiger partial charge is 0.497 e. The van der Waals surface area contributed by atoms with Crippen LogP contribution in [0, 0.1) is 17.2 Å². The minimum atomic E-state index is -3.83. The number of nitriles is 1. The predicted octanol–water partition coefficient (Wildman–Crippen LogP) is 3.79. The van der Waals surface area contributed by atoms with E-state index in [0.717, 1.165) is 32.4 Å². The highest BCUT2D eigenvalue weighted by molar-refractivity contribution is 7.95. The number of likely N-dealkylation sites (tertiary alicyclic amines) is 1. The lowest BCUT2D eigenvalue weighted by atomic mass is 9.90.